The number of rotatable bonds is 10. The quantitative estimate of drug-likeness (QED) is 0.138. The third-order valence-corrected chi connectivity index (χ3v) is 7.30. The average molecular weight is 585 g/mol. The lowest BCUT2D eigenvalue weighted by Crippen LogP contribution is -2.21. The SMILES string of the molecule is COC(=O)c1ccccc1NC(=O)C(Sc1ccc(NC(=O)c2ccc(C(=O)O)cc2C(=O)O)cc1)c1ccccc1. The van der Waals surface area contributed by atoms with Crippen molar-refractivity contribution in [1.82, 2.24) is 0 Å². The van der Waals surface area contributed by atoms with Crippen LogP contribution in [-0.2, 0) is 9.53 Å². The fraction of sp³-hybridized carbons (Fsp3) is 0.0645. The second-order valence-electron chi connectivity index (χ2n) is 8.78. The van der Waals surface area contributed by atoms with E-state index < -0.39 is 34.6 Å². The molecule has 4 aromatic rings. The van der Waals surface area contributed by atoms with Crippen LogP contribution in [0.4, 0.5) is 11.4 Å². The van der Waals surface area contributed by atoms with E-state index in [-0.39, 0.29) is 22.6 Å². The minimum atomic E-state index is -1.44. The molecule has 11 heteroatoms. The molecule has 4 N–H and O–H groups in total. The molecule has 42 heavy (non-hydrogen) atoms. The highest BCUT2D eigenvalue weighted by atomic mass is 32.2. The monoisotopic (exact) mass is 584 g/mol. The summed E-state index contributed by atoms with van der Waals surface area (Å²) in [5, 5.41) is 23.3. The Balaban J connectivity index is 1.53. The number of para-hydroxylation sites is 1. The molecule has 10 nitrogen and oxygen atoms in total. The van der Waals surface area contributed by atoms with Crippen LogP contribution in [-0.4, -0.2) is 47.0 Å². The number of esters is 1. The van der Waals surface area contributed by atoms with Crippen molar-refractivity contribution < 1.29 is 38.9 Å². The van der Waals surface area contributed by atoms with Gasteiger partial charge in [-0.05, 0) is 60.2 Å². The van der Waals surface area contributed by atoms with Gasteiger partial charge in [0.1, 0.15) is 5.25 Å². The van der Waals surface area contributed by atoms with E-state index in [1.54, 1.807) is 48.5 Å². The summed E-state index contributed by atoms with van der Waals surface area (Å²) in [4.78, 5) is 62.0. The molecule has 0 bridgehead atoms. The maximum Gasteiger partial charge on any atom is 0.339 e. The van der Waals surface area contributed by atoms with Gasteiger partial charge < -0.3 is 25.6 Å². The van der Waals surface area contributed by atoms with Crippen molar-refractivity contribution >= 4 is 52.9 Å². The van der Waals surface area contributed by atoms with Gasteiger partial charge in [0.15, 0.2) is 0 Å². The van der Waals surface area contributed by atoms with Crippen LogP contribution >= 0.6 is 11.8 Å². The van der Waals surface area contributed by atoms with E-state index in [9.17, 15) is 29.1 Å². The number of aromatic carboxylic acids is 2. The zero-order valence-electron chi connectivity index (χ0n) is 22.1. The van der Waals surface area contributed by atoms with Gasteiger partial charge in [-0.25, -0.2) is 14.4 Å². The Hall–Kier alpha value is -5.42. The number of carbonyl (C=O) groups is 5. The molecule has 1 unspecified atom stereocenters. The molecular formula is C31H24N2O8S. The van der Waals surface area contributed by atoms with Gasteiger partial charge in [-0.2, -0.15) is 0 Å². The first kappa shape index (κ1) is 29.6. The molecule has 0 spiro atoms. The molecule has 4 rings (SSSR count). The average Bonchev–Trinajstić information content (AvgIpc) is 3.00. The fourth-order valence-corrected chi connectivity index (χ4v) is 5.01. The number of carbonyl (C=O) groups excluding carboxylic acids is 3. The summed E-state index contributed by atoms with van der Waals surface area (Å²) in [6.45, 7) is 0. The standard InChI is InChI=1S/C31H24N2O8S/c1-41-31(40)23-9-5-6-10-25(23)33-28(35)26(18-7-3-2-4-8-18)42-21-14-12-20(13-15-21)32-27(34)22-16-11-19(29(36)37)17-24(22)30(38)39/h2-17,26H,1H3,(H,32,34)(H,33,35)(H,36,37)(H,38,39). The number of methoxy groups -OCH3 is 1. The molecule has 0 heterocycles. The van der Waals surface area contributed by atoms with E-state index >= 15 is 0 Å². The molecule has 2 amide bonds. The molecule has 0 aliphatic rings. The van der Waals surface area contributed by atoms with E-state index in [1.165, 1.54) is 18.9 Å². The van der Waals surface area contributed by atoms with Gasteiger partial charge in [0.25, 0.3) is 5.91 Å². The summed E-state index contributed by atoms with van der Waals surface area (Å²) in [5.74, 6) is -4.43. The summed E-state index contributed by atoms with van der Waals surface area (Å²) in [7, 11) is 1.26. The van der Waals surface area contributed by atoms with Crippen LogP contribution in [0.2, 0.25) is 0 Å². The second-order valence-corrected chi connectivity index (χ2v) is 9.96. The maximum absolute atomic E-state index is 13.5. The largest absolute Gasteiger partial charge is 0.478 e. The molecule has 212 valence electrons. The van der Waals surface area contributed by atoms with Gasteiger partial charge in [-0.1, -0.05) is 42.5 Å². The molecule has 1 atom stereocenters. The third-order valence-electron chi connectivity index (χ3n) is 6.04. The molecular weight excluding hydrogens is 560 g/mol. The first-order valence-electron chi connectivity index (χ1n) is 12.4. The lowest BCUT2D eigenvalue weighted by molar-refractivity contribution is -0.115. The van der Waals surface area contributed by atoms with E-state index in [0.29, 0.717) is 16.3 Å². The molecule has 0 aliphatic heterocycles. The number of hydrogen-bond acceptors (Lipinski definition) is 7. The van der Waals surface area contributed by atoms with Crippen molar-refractivity contribution in [2.75, 3.05) is 17.7 Å². The minimum Gasteiger partial charge on any atom is -0.478 e. The Bertz CT molecular complexity index is 1660. The number of carboxylic acid groups (broad SMARTS) is 2. The molecule has 0 aliphatic carbocycles. The summed E-state index contributed by atoms with van der Waals surface area (Å²) < 4.78 is 4.82. The van der Waals surface area contributed by atoms with Crippen molar-refractivity contribution in [3.63, 3.8) is 0 Å². The smallest absolute Gasteiger partial charge is 0.339 e. The predicted molar refractivity (Wildman–Crippen MR) is 156 cm³/mol. The summed E-state index contributed by atoms with van der Waals surface area (Å²) in [5.41, 5.74) is 0.717. The number of thioether (sulfide) groups is 1. The Morgan fingerprint density at radius 2 is 1.38 bits per heavy atom. The first-order chi connectivity index (χ1) is 20.2. The van der Waals surface area contributed by atoms with Crippen LogP contribution in [0.25, 0.3) is 0 Å². The van der Waals surface area contributed by atoms with E-state index in [1.807, 2.05) is 30.3 Å². The molecule has 0 radical (unpaired) electrons. The molecule has 0 fully saturated rings. The van der Waals surface area contributed by atoms with E-state index in [2.05, 4.69) is 10.6 Å². The number of carboxylic acids is 2. The molecule has 0 saturated carbocycles. The molecule has 0 saturated heterocycles. The number of nitrogens with one attached hydrogen (secondary N) is 2. The summed E-state index contributed by atoms with van der Waals surface area (Å²) in [6.07, 6.45) is 0. The molecule has 4 aromatic carbocycles. The van der Waals surface area contributed by atoms with Gasteiger partial charge in [0.2, 0.25) is 5.91 Å². The normalized spacial score (nSPS) is 11.2. The highest BCUT2D eigenvalue weighted by Gasteiger charge is 2.24. The third kappa shape index (κ3) is 7.01. The minimum absolute atomic E-state index is 0.195. The van der Waals surface area contributed by atoms with Gasteiger partial charge in [-0.15, -0.1) is 11.8 Å². The highest BCUT2D eigenvalue weighted by molar-refractivity contribution is 8.00. The fourth-order valence-electron chi connectivity index (χ4n) is 3.98. The van der Waals surface area contributed by atoms with Crippen LogP contribution < -0.4 is 10.6 Å². The van der Waals surface area contributed by atoms with Crippen molar-refractivity contribution in [1.29, 1.82) is 0 Å². The van der Waals surface area contributed by atoms with Gasteiger partial charge >= 0.3 is 17.9 Å². The second kappa shape index (κ2) is 13.3. The van der Waals surface area contributed by atoms with Crippen molar-refractivity contribution in [2.24, 2.45) is 0 Å². The van der Waals surface area contributed by atoms with Crippen LogP contribution in [0.5, 0.6) is 0 Å². The van der Waals surface area contributed by atoms with Gasteiger partial charge in [0.05, 0.1) is 35.1 Å². The zero-order chi connectivity index (χ0) is 30.2. The number of benzene rings is 4. The predicted octanol–water partition coefficient (Wildman–Crippen LogP) is 5.59. The topological polar surface area (TPSA) is 159 Å². The highest BCUT2D eigenvalue weighted by Crippen LogP contribution is 2.37. The summed E-state index contributed by atoms with van der Waals surface area (Å²) in [6, 6.07) is 25.4. The summed E-state index contributed by atoms with van der Waals surface area (Å²) >= 11 is 1.25. The Morgan fingerprint density at radius 3 is 2.02 bits per heavy atom. The van der Waals surface area contributed by atoms with E-state index in [4.69, 9.17) is 9.84 Å². The number of ether oxygens (including phenoxy) is 1. The van der Waals surface area contributed by atoms with Crippen LogP contribution in [0.15, 0.2) is 102 Å². The van der Waals surface area contributed by atoms with Crippen LogP contribution in [0.1, 0.15) is 52.2 Å². The van der Waals surface area contributed by atoms with Gasteiger partial charge in [0, 0.05) is 10.6 Å². The molecule has 0 aromatic heterocycles. The number of hydrogen-bond donors (Lipinski definition) is 4. The maximum atomic E-state index is 13.5. The lowest BCUT2D eigenvalue weighted by atomic mass is 10.0. The van der Waals surface area contributed by atoms with Crippen molar-refractivity contribution in [3.8, 4) is 0 Å². The lowest BCUT2D eigenvalue weighted by Gasteiger charge is -2.18. The Morgan fingerprint density at radius 1 is 0.714 bits per heavy atom. The Kier molecular flexibility index (Phi) is 9.35. The first-order valence-corrected chi connectivity index (χ1v) is 13.3. The number of anilines is 2. The van der Waals surface area contributed by atoms with Crippen LogP contribution in [0.3, 0.4) is 0 Å². The zero-order valence-corrected chi connectivity index (χ0v) is 22.9. The van der Waals surface area contributed by atoms with Crippen molar-refractivity contribution in [2.45, 2.75) is 10.1 Å². The number of amides is 2. The van der Waals surface area contributed by atoms with Crippen LogP contribution in [0, 0.1) is 0 Å². The van der Waals surface area contributed by atoms with Gasteiger partial charge in [-0.3, -0.25) is 9.59 Å². The van der Waals surface area contributed by atoms with Crippen molar-refractivity contribution in [3.05, 3.63) is 125 Å². The Labute approximate surface area is 244 Å². The van der Waals surface area contributed by atoms with E-state index in [0.717, 1.165) is 23.8 Å².